The second-order valence-electron chi connectivity index (χ2n) is 6.94. The summed E-state index contributed by atoms with van der Waals surface area (Å²) in [5, 5.41) is 0. The first kappa shape index (κ1) is 11.6. The Kier molecular flexibility index (Phi) is 2.53. The number of carbonyl (C=O) groups is 1. The lowest BCUT2D eigenvalue weighted by atomic mass is 9.53. The van der Waals surface area contributed by atoms with Crippen molar-refractivity contribution in [2.24, 2.45) is 29.1 Å². The fraction of sp³-hybridized carbons (Fsp3) is 0.933. The van der Waals surface area contributed by atoms with Crippen LogP contribution in [0.1, 0.15) is 52.9 Å². The minimum atomic E-state index is 0.0574. The number of carbonyl (C=O) groups excluding carboxylic acids is 1. The second-order valence-corrected chi connectivity index (χ2v) is 6.94. The minimum Gasteiger partial charge on any atom is -0.462 e. The number of fused-ring (bicyclic) bond motifs is 3. The highest BCUT2D eigenvalue weighted by molar-refractivity contribution is 5.75. The summed E-state index contributed by atoms with van der Waals surface area (Å²) < 4.78 is 5.74. The third kappa shape index (κ3) is 1.56. The van der Waals surface area contributed by atoms with Crippen LogP contribution in [0.3, 0.4) is 0 Å². The van der Waals surface area contributed by atoms with E-state index in [1.54, 1.807) is 0 Å². The van der Waals surface area contributed by atoms with Crippen LogP contribution in [0.4, 0.5) is 0 Å². The van der Waals surface area contributed by atoms with Crippen LogP contribution in [0.5, 0.6) is 0 Å². The van der Waals surface area contributed by atoms with Crippen molar-refractivity contribution in [3.05, 3.63) is 0 Å². The summed E-state index contributed by atoms with van der Waals surface area (Å²) in [7, 11) is 0. The molecule has 0 spiro atoms. The molecule has 1 aliphatic heterocycles. The molecule has 96 valence electrons. The van der Waals surface area contributed by atoms with E-state index in [4.69, 9.17) is 4.74 Å². The minimum absolute atomic E-state index is 0.0574. The van der Waals surface area contributed by atoms with Crippen molar-refractivity contribution in [2.75, 3.05) is 0 Å². The van der Waals surface area contributed by atoms with Gasteiger partial charge in [0.2, 0.25) is 0 Å². The van der Waals surface area contributed by atoms with Crippen molar-refractivity contribution < 1.29 is 9.53 Å². The molecule has 0 aromatic carbocycles. The van der Waals surface area contributed by atoms with Crippen molar-refractivity contribution in [3.8, 4) is 0 Å². The molecule has 0 amide bonds. The summed E-state index contributed by atoms with van der Waals surface area (Å²) in [6.07, 6.45) is 6.72. The van der Waals surface area contributed by atoms with Crippen molar-refractivity contribution >= 4 is 5.97 Å². The van der Waals surface area contributed by atoms with Crippen LogP contribution in [-0.2, 0) is 9.53 Å². The zero-order valence-electron chi connectivity index (χ0n) is 11.2. The van der Waals surface area contributed by atoms with Crippen LogP contribution in [0.25, 0.3) is 0 Å². The van der Waals surface area contributed by atoms with Crippen LogP contribution in [-0.4, -0.2) is 12.1 Å². The molecule has 6 atom stereocenters. The Morgan fingerprint density at radius 1 is 1.24 bits per heavy atom. The summed E-state index contributed by atoms with van der Waals surface area (Å²) in [6.45, 7) is 6.85. The average molecular weight is 236 g/mol. The van der Waals surface area contributed by atoms with Gasteiger partial charge < -0.3 is 4.74 Å². The fourth-order valence-electron chi connectivity index (χ4n) is 4.91. The molecule has 3 aliphatic rings. The van der Waals surface area contributed by atoms with Crippen molar-refractivity contribution in [3.63, 3.8) is 0 Å². The van der Waals surface area contributed by atoms with Gasteiger partial charge in [0, 0.05) is 11.8 Å². The third-order valence-corrected chi connectivity index (χ3v) is 5.92. The Morgan fingerprint density at radius 3 is 2.76 bits per heavy atom. The number of hydrogen-bond donors (Lipinski definition) is 0. The Labute approximate surface area is 104 Å². The molecule has 0 radical (unpaired) electrons. The maximum absolute atomic E-state index is 11.8. The highest BCUT2D eigenvalue weighted by atomic mass is 16.6. The molecule has 0 unspecified atom stereocenters. The second kappa shape index (κ2) is 3.73. The van der Waals surface area contributed by atoms with Crippen molar-refractivity contribution in [1.82, 2.24) is 0 Å². The van der Waals surface area contributed by atoms with Gasteiger partial charge in [-0.2, -0.15) is 0 Å². The molecule has 2 nitrogen and oxygen atoms in total. The number of rotatable bonds is 0. The summed E-state index contributed by atoms with van der Waals surface area (Å²) in [5.41, 5.74) is 0.434. The zero-order chi connectivity index (χ0) is 12.2. The van der Waals surface area contributed by atoms with Gasteiger partial charge in [-0.1, -0.05) is 33.6 Å². The van der Waals surface area contributed by atoms with Gasteiger partial charge in [0.15, 0.2) is 0 Å². The number of esters is 1. The van der Waals surface area contributed by atoms with E-state index < -0.39 is 0 Å². The quantitative estimate of drug-likeness (QED) is 0.603. The molecule has 2 heteroatoms. The Bertz CT molecular complexity index is 338. The molecular weight excluding hydrogens is 212 g/mol. The standard InChI is InChI=1S/C15H24O2/c1-9-5-4-7-15(3)8-6-11-10(2)14(16)17-13(11)12(9)15/h9-13H,4-8H2,1-3H3/t9-,10+,11-,12-,13+,15-/m0/s1. The van der Waals surface area contributed by atoms with Crippen LogP contribution < -0.4 is 0 Å². The van der Waals surface area contributed by atoms with Crippen LogP contribution in [0.15, 0.2) is 0 Å². The molecule has 0 aromatic heterocycles. The molecule has 17 heavy (non-hydrogen) atoms. The molecule has 2 aliphatic carbocycles. The van der Waals surface area contributed by atoms with Crippen molar-refractivity contribution in [1.29, 1.82) is 0 Å². The molecule has 2 saturated carbocycles. The maximum Gasteiger partial charge on any atom is 0.309 e. The van der Waals surface area contributed by atoms with Gasteiger partial charge in [-0.3, -0.25) is 4.79 Å². The Morgan fingerprint density at radius 2 is 2.00 bits per heavy atom. The third-order valence-electron chi connectivity index (χ3n) is 5.92. The molecule has 1 saturated heterocycles. The van der Waals surface area contributed by atoms with Crippen LogP contribution in [0, 0.1) is 29.1 Å². The molecule has 3 rings (SSSR count). The molecule has 0 aromatic rings. The SMILES string of the molecule is C[C@H]1CCC[C@@]2(C)CC[C@@H]3[C@@H](OC(=O)[C@@H]3C)[C@H]12. The van der Waals surface area contributed by atoms with Gasteiger partial charge in [0.25, 0.3) is 0 Å². The summed E-state index contributed by atoms with van der Waals surface area (Å²) >= 11 is 0. The molecule has 0 N–H and O–H groups in total. The first-order valence-electron chi connectivity index (χ1n) is 7.23. The largest absolute Gasteiger partial charge is 0.462 e. The predicted molar refractivity (Wildman–Crippen MR) is 66.4 cm³/mol. The van der Waals surface area contributed by atoms with E-state index in [1.165, 1.54) is 32.1 Å². The van der Waals surface area contributed by atoms with E-state index in [0.29, 0.717) is 17.3 Å². The van der Waals surface area contributed by atoms with Gasteiger partial charge >= 0.3 is 5.97 Å². The maximum atomic E-state index is 11.8. The Hall–Kier alpha value is -0.530. The topological polar surface area (TPSA) is 26.3 Å². The highest BCUT2D eigenvalue weighted by Crippen LogP contribution is 2.57. The fourth-order valence-corrected chi connectivity index (χ4v) is 4.91. The normalized spacial score (nSPS) is 53.8. The van der Waals surface area contributed by atoms with E-state index in [2.05, 4.69) is 20.8 Å². The molecule has 1 heterocycles. The average Bonchev–Trinajstić information content (AvgIpc) is 2.54. The molecule has 3 fully saturated rings. The monoisotopic (exact) mass is 236 g/mol. The Balaban J connectivity index is 1.92. The smallest absolute Gasteiger partial charge is 0.309 e. The van der Waals surface area contributed by atoms with Gasteiger partial charge in [-0.25, -0.2) is 0 Å². The zero-order valence-corrected chi connectivity index (χ0v) is 11.2. The predicted octanol–water partition coefficient (Wildman–Crippen LogP) is 3.40. The van der Waals surface area contributed by atoms with Crippen LogP contribution >= 0.6 is 0 Å². The van der Waals surface area contributed by atoms with Gasteiger partial charge in [0.05, 0.1) is 5.92 Å². The van der Waals surface area contributed by atoms with E-state index >= 15 is 0 Å². The van der Waals surface area contributed by atoms with Gasteiger partial charge in [0.1, 0.15) is 6.10 Å². The lowest BCUT2D eigenvalue weighted by molar-refractivity contribution is -0.152. The lowest BCUT2D eigenvalue weighted by Gasteiger charge is -2.52. The summed E-state index contributed by atoms with van der Waals surface area (Å²) in [5.74, 6) is 2.03. The lowest BCUT2D eigenvalue weighted by Crippen LogP contribution is -2.49. The number of hydrogen-bond acceptors (Lipinski definition) is 2. The van der Waals surface area contributed by atoms with E-state index in [1.807, 2.05) is 0 Å². The highest BCUT2D eigenvalue weighted by Gasteiger charge is 2.56. The first-order valence-corrected chi connectivity index (χ1v) is 7.23. The van der Waals surface area contributed by atoms with Crippen molar-refractivity contribution in [2.45, 2.75) is 59.0 Å². The van der Waals surface area contributed by atoms with E-state index in [0.717, 1.165) is 5.92 Å². The van der Waals surface area contributed by atoms with Gasteiger partial charge in [-0.15, -0.1) is 0 Å². The molecular formula is C15H24O2. The number of ether oxygens (including phenoxy) is 1. The van der Waals surface area contributed by atoms with Gasteiger partial charge in [-0.05, 0) is 30.6 Å². The molecule has 0 bridgehead atoms. The van der Waals surface area contributed by atoms with E-state index in [-0.39, 0.29) is 18.0 Å². The van der Waals surface area contributed by atoms with Crippen LogP contribution in [0.2, 0.25) is 0 Å². The van der Waals surface area contributed by atoms with E-state index in [9.17, 15) is 4.79 Å². The summed E-state index contributed by atoms with van der Waals surface area (Å²) in [4.78, 5) is 11.8. The summed E-state index contributed by atoms with van der Waals surface area (Å²) in [6, 6.07) is 0. The first-order chi connectivity index (χ1) is 8.03.